The minimum Gasteiger partial charge on any atom is -0.466 e. The smallest absolute Gasteiger partial charge is 0.313 e. The van der Waals surface area contributed by atoms with Crippen molar-refractivity contribution in [1.82, 2.24) is 20.4 Å². The number of esters is 1. The first-order chi connectivity index (χ1) is 20.5. The summed E-state index contributed by atoms with van der Waals surface area (Å²) in [6.07, 6.45) is 3.27. The number of amides is 2. The first-order valence-electron chi connectivity index (χ1n) is 14.7. The Balaban J connectivity index is 1.59. The largest absolute Gasteiger partial charge is 0.466 e. The maximum Gasteiger partial charge on any atom is 0.313 e. The quantitative estimate of drug-likeness (QED) is 0.332. The third-order valence-corrected chi connectivity index (χ3v) is 8.31. The van der Waals surface area contributed by atoms with E-state index in [1.54, 1.807) is 62.1 Å². The van der Waals surface area contributed by atoms with Crippen molar-refractivity contribution in [2.24, 2.45) is 5.41 Å². The van der Waals surface area contributed by atoms with E-state index in [2.05, 4.69) is 15.5 Å². The highest BCUT2D eigenvalue weighted by Gasteiger charge is 2.50. The van der Waals surface area contributed by atoms with Crippen LogP contribution in [-0.2, 0) is 20.7 Å². The van der Waals surface area contributed by atoms with Gasteiger partial charge in [-0.25, -0.2) is 9.49 Å². The summed E-state index contributed by atoms with van der Waals surface area (Å²) in [5, 5.41) is 9.04. The molecule has 1 aromatic heterocycles. The monoisotopic (exact) mass is 590 g/mol. The van der Waals surface area contributed by atoms with Crippen LogP contribution in [0.2, 0.25) is 0 Å². The maximum absolute atomic E-state index is 14.2. The highest BCUT2D eigenvalue weighted by molar-refractivity contribution is 5.98. The van der Waals surface area contributed by atoms with Gasteiger partial charge in [0.2, 0.25) is 5.91 Å². The molecule has 3 atom stereocenters. The number of ether oxygens (including phenoxy) is 1. The number of nitrogens with one attached hydrogen (secondary N) is 2. The molecule has 4 rings (SSSR count). The highest BCUT2D eigenvalue weighted by Crippen LogP contribution is 2.44. The molecule has 2 heterocycles. The molecule has 0 radical (unpaired) electrons. The summed E-state index contributed by atoms with van der Waals surface area (Å²) in [6.45, 7) is 9.13. The van der Waals surface area contributed by atoms with Gasteiger partial charge in [0.05, 0.1) is 18.1 Å². The van der Waals surface area contributed by atoms with Crippen molar-refractivity contribution < 1.29 is 23.5 Å². The summed E-state index contributed by atoms with van der Waals surface area (Å²) in [6, 6.07) is 11.1. The first-order valence-corrected chi connectivity index (χ1v) is 14.7. The number of hydrogen-bond donors (Lipinski definition) is 2. The van der Waals surface area contributed by atoms with Crippen molar-refractivity contribution in [3.05, 3.63) is 98.7 Å². The Morgan fingerprint density at radius 1 is 1.12 bits per heavy atom. The van der Waals surface area contributed by atoms with Crippen LogP contribution in [0.4, 0.5) is 4.39 Å². The Hall–Kier alpha value is -4.34. The van der Waals surface area contributed by atoms with Gasteiger partial charge in [0, 0.05) is 29.8 Å². The molecule has 228 valence electrons. The van der Waals surface area contributed by atoms with Gasteiger partial charge < -0.3 is 15.0 Å². The van der Waals surface area contributed by atoms with Crippen molar-refractivity contribution in [2.45, 2.75) is 78.4 Å². The molecular formula is C33H39FN4O5. The molecule has 10 heteroatoms. The average molecular weight is 591 g/mol. The average Bonchev–Trinajstić information content (AvgIpc) is 3.44. The molecule has 1 fully saturated rings. The van der Waals surface area contributed by atoms with Crippen LogP contribution >= 0.6 is 0 Å². The fourth-order valence-corrected chi connectivity index (χ4v) is 5.83. The second-order valence-corrected chi connectivity index (χ2v) is 11.5. The van der Waals surface area contributed by atoms with E-state index >= 15 is 0 Å². The third kappa shape index (κ3) is 6.84. The van der Waals surface area contributed by atoms with Gasteiger partial charge in [-0.2, -0.15) is 5.10 Å². The predicted molar refractivity (Wildman–Crippen MR) is 160 cm³/mol. The standard InChI is InChI=1S/C33H39FN4O5/c1-6-26(36-29(39)23-12-11-21(20(3)17-23)18-24-15-16-35-37-30(24)40)31(41)38-27(22-9-8-10-25(34)19-22)13-14-28(38)33(4,5)32(42)43-7-2/h8-12,15-17,19,26-28H,6-7,13-14,18H2,1-5H3,(H,36,39)(H,37,40)/t26-,27+,28-/m1/s1. The second kappa shape index (κ2) is 13.3. The Kier molecular flexibility index (Phi) is 9.78. The summed E-state index contributed by atoms with van der Waals surface area (Å²) >= 11 is 0. The lowest BCUT2D eigenvalue weighted by Crippen LogP contribution is -2.55. The van der Waals surface area contributed by atoms with E-state index in [0.717, 1.165) is 11.1 Å². The molecule has 0 spiro atoms. The normalized spacial score (nSPS) is 17.4. The Morgan fingerprint density at radius 2 is 1.88 bits per heavy atom. The van der Waals surface area contributed by atoms with Gasteiger partial charge >= 0.3 is 5.97 Å². The number of likely N-dealkylation sites (tertiary alicyclic amines) is 1. The molecule has 9 nitrogen and oxygen atoms in total. The Labute approximate surface area is 250 Å². The van der Waals surface area contributed by atoms with Gasteiger partial charge in [-0.1, -0.05) is 25.1 Å². The van der Waals surface area contributed by atoms with Crippen LogP contribution < -0.4 is 10.9 Å². The third-order valence-electron chi connectivity index (χ3n) is 8.31. The number of H-pyrrole nitrogens is 1. The Morgan fingerprint density at radius 3 is 2.53 bits per heavy atom. The van der Waals surface area contributed by atoms with Crippen LogP contribution in [0.25, 0.3) is 0 Å². The molecule has 3 aromatic rings. The number of carbonyl (C=O) groups is 3. The van der Waals surface area contributed by atoms with Crippen molar-refractivity contribution in [3.63, 3.8) is 0 Å². The number of carbonyl (C=O) groups excluding carboxylic acids is 3. The minimum atomic E-state index is -1.03. The first kappa shape index (κ1) is 31.6. The van der Waals surface area contributed by atoms with Gasteiger partial charge in [-0.15, -0.1) is 0 Å². The molecule has 2 amide bonds. The number of benzene rings is 2. The molecule has 0 unspecified atom stereocenters. The van der Waals surface area contributed by atoms with Crippen molar-refractivity contribution in [1.29, 1.82) is 0 Å². The zero-order chi connectivity index (χ0) is 31.3. The molecule has 43 heavy (non-hydrogen) atoms. The number of halogens is 1. The lowest BCUT2D eigenvalue weighted by atomic mass is 9.82. The van der Waals surface area contributed by atoms with Crippen LogP contribution in [0.5, 0.6) is 0 Å². The van der Waals surface area contributed by atoms with E-state index in [-0.39, 0.29) is 18.1 Å². The molecule has 1 aliphatic rings. The van der Waals surface area contributed by atoms with Crippen molar-refractivity contribution in [3.8, 4) is 0 Å². The van der Waals surface area contributed by atoms with E-state index in [1.807, 2.05) is 13.8 Å². The lowest BCUT2D eigenvalue weighted by molar-refractivity contribution is -0.159. The Bertz CT molecular complexity index is 1550. The predicted octanol–water partition coefficient (Wildman–Crippen LogP) is 4.64. The van der Waals surface area contributed by atoms with Gasteiger partial charge in [0.1, 0.15) is 11.9 Å². The van der Waals surface area contributed by atoms with E-state index in [0.29, 0.717) is 42.4 Å². The van der Waals surface area contributed by atoms with Gasteiger partial charge in [-0.3, -0.25) is 19.2 Å². The molecule has 2 N–H and O–H groups in total. The van der Waals surface area contributed by atoms with E-state index in [1.165, 1.54) is 18.3 Å². The van der Waals surface area contributed by atoms with Crippen LogP contribution in [0.15, 0.2) is 59.5 Å². The molecule has 1 saturated heterocycles. The topological polar surface area (TPSA) is 121 Å². The van der Waals surface area contributed by atoms with E-state index in [4.69, 9.17) is 4.74 Å². The van der Waals surface area contributed by atoms with Crippen molar-refractivity contribution in [2.75, 3.05) is 6.61 Å². The summed E-state index contributed by atoms with van der Waals surface area (Å²) in [4.78, 5) is 54.4. The maximum atomic E-state index is 14.2. The number of rotatable bonds is 10. The summed E-state index contributed by atoms with van der Waals surface area (Å²) in [5.74, 6) is -1.58. The second-order valence-electron chi connectivity index (χ2n) is 11.5. The fourth-order valence-electron chi connectivity index (χ4n) is 5.83. The minimum absolute atomic E-state index is 0.209. The molecule has 1 aliphatic heterocycles. The molecule has 0 saturated carbocycles. The summed E-state index contributed by atoms with van der Waals surface area (Å²) < 4.78 is 19.6. The SMILES string of the molecule is CCOC(=O)C(C)(C)[C@H]1CC[C@@H](c2cccc(F)c2)N1C(=O)[C@@H](CC)NC(=O)c1ccc(Cc2ccn[nH]c2=O)c(C)c1. The highest BCUT2D eigenvalue weighted by atomic mass is 19.1. The molecule has 0 aliphatic carbocycles. The number of nitrogens with zero attached hydrogens (tertiary/aromatic N) is 2. The van der Waals surface area contributed by atoms with E-state index in [9.17, 15) is 23.6 Å². The zero-order valence-electron chi connectivity index (χ0n) is 25.3. The fraction of sp³-hybridized carbons (Fsp3) is 0.424. The number of aryl methyl sites for hydroxylation is 1. The zero-order valence-corrected chi connectivity index (χ0v) is 25.3. The van der Waals surface area contributed by atoms with Crippen LogP contribution in [0, 0.1) is 18.2 Å². The molecule has 0 bridgehead atoms. The van der Waals surface area contributed by atoms with Gasteiger partial charge in [-0.05, 0) is 94.0 Å². The van der Waals surface area contributed by atoms with Gasteiger partial charge in [0.15, 0.2) is 0 Å². The molecular weight excluding hydrogens is 551 g/mol. The van der Waals surface area contributed by atoms with E-state index < -0.39 is 41.2 Å². The number of aromatic amines is 1. The van der Waals surface area contributed by atoms with Crippen LogP contribution in [0.1, 0.15) is 85.6 Å². The number of aromatic nitrogens is 2. The molecule has 2 aromatic carbocycles. The van der Waals surface area contributed by atoms with Crippen LogP contribution in [-0.4, -0.2) is 51.6 Å². The number of hydrogen-bond acceptors (Lipinski definition) is 6. The summed E-state index contributed by atoms with van der Waals surface area (Å²) in [5.41, 5.74) is 1.99. The summed E-state index contributed by atoms with van der Waals surface area (Å²) in [7, 11) is 0. The lowest BCUT2D eigenvalue weighted by Gasteiger charge is -2.40. The van der Waals surface area contributed by atoms with Gasteiger partial charge in [0.25, 0.3) is 11.5 Å². The van der Waals surface area contributed by atoms with Crippen molar-refractivity contribution >= 4 is 17.8 Å². The van der Waals surface area contributed by atoms with Crippen LogP contribution in [0.3, 0.4) is 0 Å².